The molecule has 0 unspecified atom stereocenters. The molecule has 0 bridgehead atoms. The standard InChI is InChI=1S/C16H17BrN2OS/c17-13-8-4-9-14(15(13)16(18)21)19-10-5-11-20-12-6-2-1-3-7-12/h1-4,6-9,19H,5,10-11H2,(H2,18,21). The first-order chi connectivity index (χ1) is 10.2. The Kier molecular flexibility index (Phi) is 6.02. The predicted octanol–water partition coefficient (Wildman–Crippen LogP) is 3.96. The number of hydrogen-bond acceptors (Lipinski definition) is 3. The highest BCUT2D eigenvalue weighted by atomic mass is 79.9. The molecule has 110 valence electrons. The fraction of sp³-hybridized carbons (Fsp3) is 0.188. The van der Waals surface area contributed by atoms with Gasteiger partial charge in [0.15, 0.2) is 0 Å². The summed E-state index contributed by atoms with van der Waals surface area (Å²) < 4.78 is 6.55. The van der Waals surface area contributed by atoms with Crippen molar-refractivity contribution in [1.29, 1.82) is 0 Å². The van der Waals surface area contributed by atoms with Crippen molar-refractivity contribution in [3.63, 3.8) is 0 Å². The summed E-state index contributed by atoms with van der Waals surface area (Å²) in [5, 5.41) is 3.34. The molecule has 3 N–H and O–H groups in total. The summed E-state index contributed by atoms with van der Waals surface area (Å²) in [6.45, 7) is 1.45. The van der Waals surface area contributed by atoms with Crippen LogP contribution in [0.25, 0.3) is 0 Å². The molecule has 0 spiro atoms. The van der Waals surface area contributed by atoms with Crippen molar-refractivity contribution in [2.24, 2.45) is 5.73 Å². The molecule has 0 aliphatic heterocycles. The van der Waals surface area contributed by atoms with Crippen molar-refractivity contribution in [2.45, 2.75) is 6.42 Å². The van der Waals surface area contributed by atoms with E-state index in [1.807, 2.05) is 48.5 Å². The van der Waals surface area contributed by atoms with Gasteiger partial charge in [-0.3, -0.25) is 0 Å². The third kappa shape index (κ3) is 4.72. The van der Waals surface area contributed by atoms with Gasteiger partial charge >= 0.3 is 0 Å². The Morgan fingerprint density at radius 1 is 1.14 bits per heavy atom. The highest BCUT2D eigenvalue weighted by Crippen LogP contribution is 2.24. The maximum absolute atomic E-state index is 5.76. The van der Waals surface area contributed by atoms with E-state index in [0.717, 1.165) is 34.4 Å². The summed E-state index contributed by atoms with van der Waals surface area (Å²) in [5.41, 5.74) is 7.54. The molecule has 0 aliphatic rings. The van der Waals surface area contributed by atoms with Gasteiger partial charge in [0.25, 0.3) is 0 Å². The average molecular weight is 365 g/mol. The predicted molar refractivity (Wildman–Crippen MR) is 95.1 cm³/mol. The molecule has 0 aliphatic carbocycles. The minimum Gasteiger partial charge on any atom is -0.494 e. The number of thiocarbonyl (C=S) groups is 1. The van der Waals surface area contributed by atoms with E-state index in [1.54, 1.807) is 0 Å². The fourth-order valence-corrected chi connectivity index (χ4v) is 2.85. The first-order valence-electron chi connectivity index (χ1n) is 6.68. The highest BCUT2D eigenvalue weighted by Gasteiger charge is 2.08. The van der Waals surface area contributed by atoms with Crippen LogP contribution in [0, 0.1) is 0 Å². The lowest BCUT2D eigenvalue weighted by molar-refractivity contribution is 0.315. The van der Waals surface area contributed by atoms with Gasteiger partial charge in [-0.05, 0) is 46.6 Å². The zero-order valence-corrected chi connectivity index (χ0v) is 13.9. The van der Waals surface area contributed by atoms with E-state index in [4.69, 9.17) is 22.7 Å². The molecule has 21 heavy (non-hydrogen) atoms. The van der Waals surface area contributed by atoms with E-state index in [0.29, 0.717) is 11.6 Å². The molecule has 0 atom stereocenters. The molecule has 3 nitrogen and oxygen atoms in total. The molecule has 0 amide bonds. The quantitative estimate of drug-likeness (QED) is 0.576. The van der Waals surface area contributed by atoms with E-state index in [-0.39, 0.29) is 0 Å². The van der Waals surface area contributed by atoms with Gasteiger partial charge in [-0.25, -0.2) is 0 Å². The molecule has 0 saturated carbocycles. The number of anilines is 1. The molecular weight excluding hydrogens is 348 g/mol. The van der Waals surface area contributed by atoms with Crippen LogP contribution in [-0.2, 0) is 0 Å². The Bertz CT molecular complexity index is 604. The first kappa shape index (κ1) is 15.8. The van der Waals surface area contributed by atoms with Crippen molar-refractivity contribution in [3.8, 4) is 5.75 Å². The van der Waals surface area contributed by atoms with E-state index in [2.05, 4.69) is 21.2 Å². The molecule has 0 heterocycles. The van der Waals surface area contributed by atoms with Crippen LogP contribution in [0.15, 0.2) is 53.0 Å². The SMILES string of the molecule is NC(=S)c1c(Br)cccc1NCCCOc1ccccc1. The van der Waals surface area contributed by atoms with E-state index < -0.39 is 0 Å². The molecule has 2 aromatic rings. The van der Waals surface area contributed by atoms with Crippen molar-refractivity contribution >= 4 is 38.8 Å². The van der Waals surface area contributed by atoms with Crippen LogP contribution < -0.4 is 15.8 Å². The largest absolute Gasteiger partial charge is 0.494 e. The van der Waals surface area contributed by atoms with Crippen LogP contribution >= 0.6 is 28.1 Å². The maximum atomic E-state index is 5.76. The van der Waals surface area contributed by atoms with Gasteiger partial charge < -0.3 is 15.8 Å². The third-order valence-electron chi connectivity index (χ3n) is 2.91. The second-order valence-corrected chi connectivity index (χ2v) is 5.76. The average Bonchev–Trinajstić information content (AvgIpc) is 2.47. The van der Waals surface area contributed by atoms with Crippen molar-refractivity contribution < 1.29 is 4.74 Å². The Morgan fingerprint density at radius 3 is 2.62 bits per heavy atom. The zero-order chi connectivity index (χ0) is 15.1. The maximum Gasteiger partial charge on any atom is 0.119 e. The topological polar surface area (TPSA) is 47.3 Å². The van der Waals surface area contributed by atoms with E-state index >= 15 is 0 Å². The summed E-state index contributed by atoms with van der Waals surface area (Å²) in [5.74, 6) is 0.892. The summed E-state index contributed by atoms with van der Waals surface area (Å²) in [6, 6.07) is 15.6. The molecular formula is C16H17BrN2OS. The molecule has 0 radical (unpaired) electrons. The summed E-state index contributed by atoms with van der Waals surface area (Å²) in [4.78, 5) is 0.380. The highest BCUT2D eigenvalue weighted by molar-refractivity contribution is 9.10. The number of para-hydroxylation sites is 1. The minimum absolute atomic E-state index is 0.380. The Balaban J connectivity index is 1.81. The molecule has 5 heteroatoms. The van der Waals surface area contributed by atoms with Gasteiger partial charge in [0.05, 0.1) is 6.61 Å². The van der Waals surface area contributed by atoms with E-state index in [1.165, 1.54) is 0 Å². The minimum atomic E-state index is 0.380. The summed E-state index contributed by atoms with van der Waals surface area (Å²) in [7, 11) is 0. The van der Waals surface area contributed by atoms with Crippen LogP contribution in [0.2, 0.25) is 0 Å². The first-order valence-corrected chi connectivity index (χ1v) is 7.88. The van der Waals surface area contributed by atoms with Gasteiger partial charge in [-0.2, -0.15) is 0 Å². The second kappa shape index (κ2) is 8.00. The van der Waals surface area contributed by atoms with E-state index in [9.17, 15) is 0 Å². The van der Waals surface area contributed by atoms with Crippen LogP contribution in [0.3, 0.4) is 0 Å². The lowest BCUT2D eigenvalue weighted by atomic mass is 10.1. The Labute approximate surface area is 138 Å². The van der Waals surface area contributed by atoms with Crippen LogP contribution in [0.1, 0.15) is 12.0 Å². The lowest BCUT2D eigenvalue weighted by Crippen LogP contribution is -2.15. The number of ether oxygens (including phenoxy) is 1. The van der Waals surface area contributed by atoms with Crippen LogP contribution in [0.5, 0.6) is 5.75 Å². The summed E-state index contributed by atoms with van der Waals surface area (Å²) in [6.07, 6.45) is 0.887. The molecule has 0 aromatic heterocycles. The molecule has 2 aromatic carbocycles. The lowest BCUT2D eigenvalue weighted by Gasteiger charge is -2.13. The number of halogens is 1. The monoisotopic (exact) mass is 364 g/mol. The smallest absolute Gasteiger partial charge is 0.119 e. The van der Waals surface area contributed by atoms with Crippen LogP contribution in [-0.4, -0.2) is 18.1 Å². The summed E-state index contributed by atoms with van der Waals surface area (Å²) >= 11 is 8.55. The van der Waals surface area contributed by atoms with Gasteiger partial charge in [-0.15, -0.1) is 0 Å². The van der Waals surface area contributed by atoms with Gasteiger partial charge in [0, 0.05) is 22.3 Å². The number of nitrogens with one attached hydrogen (secondary N) is 1. The number of benzene rings is 2. The van der Waals surface area contributed by atoms with Gasteiger partial charge in [0.2, 0.25) is 0 Å². The second-order valence-electron chi connectivity index (χ2n) is 4.47. The molecule has 0 fully saturated rings. The van der Waals surface area contributed by atoms with Gasteiger partial charge in [0.1, 0.15) is 10.7 Å². The molecule has 0 saturated heterocycles. The normalized spacial score (nSPS) is 10.1. The Morgan fingerprint density at radius 2 is 1.90 bits per heavy atom. The zero-order valence-electron chi connectivity index (χ0n) is 11.5. The van der Waals surface area contributed by atoms with Crippen LogP contribution in [0.4, 0.5) is 5.69 Å². The fourth-order valence-electron chi connectivity index (χ4n) is 1.92. The van der Waals surface area contributed by atoms with Gasteiger partial charge in [-0.1, -0.05) is 36.5 Å². The third-order valence-corrected chi connectivity index (χ3v) is 3.77. The van der Waals surface area contributed by atoms with Crippen molar-refractivity contribution in [3.05, 3.63) is 58.6 Å². The number of nitrogens with two attached hydrogens (primary N) is 1. The Hall–Kier alpha value is -1.59. The number of hydrogen-bond donors (Lipinski definition) is 2. The molecule has 2 rings (SSSR count). The number of rotatable bonds is 7. The van der Waals surface area contributed by atoms with Crippen molar-refractivity contribution in [1.82, 2.24) is 0 Å². The van der Waals surface area contributed by atoms with Crippen molar-refractivity contribution in [2.75, 3.05) is 18.5 Å².